The van der Waals surface area contributed by atoms with Gasteiger partial charge < -0.3 is 10.6 Å². The van der Waals surface area contributed by atoms with E-state index >= 15 is 0 Å². The Kier molecular flexibility index (Phi) is 6.44. The Morgan fingerprint density at radius 3 is 2.53 bits per heavy atom. The fourth-order valence-electron chi connectivity index (χ4n) is 1.55. The molecule has 0 aliphatic rings. The van der Waals surface area contributed by atoms with Crippen LogP contribution in [0.1, 0.15) is 22.8 Å². The second kappa shape index (κ2) is 7.06. The molecule has 0 radical (unpaired) electrons. The molecule has 1 atom stereocenters. The minimum absolute atomic E-state index is 0. The van der Waals surface area contributed by atoms with Crippen LogP contribution in [0.15, 0.2) is 18.2 Å². The molecule has 0 saturated heterocycles. The number of likely N-dealkylation sites (N-methyl/N-ethyl adjacent to an activating group) is 1. The van der Waals surface area contributed by atoms with E-state index in [4.69, 9.17) is 5.73 Å². The van der Waals surface area contributed by atoms with Gasteiger partial charge in [-0.25, -0.2) is 0 Å². The molecule has 0 fully saturated rings. The van der Waals surface area contributed by atoms with Crippen LogP contribution in [0.5, 0.6) is 0 Å². The molecule has 19 heavy (non-hydrogen) atoms. The molecule has 2 N–H and O–H groups in total. The Morgan fingerprint density at radius 1 is 1.53 bits per heavy atom. The third-order valence-corrected chi connectivity index (χ3v) is 2.97. The highest BCUT2D eigenvalue weighted by atomic mass is 35.5. The van der Waals surface area contributed by atoms with Crippen molar-refractivity contribution >= 4 is 24.0 Å². The molecule has 1 aromatic carbocycles. The molecule has 1 unspecified atom stereocenters. The van der Waals surface area contributed by atoms with E-state index in [2.05, 4.69) is 0 Å². The van der Waals surface area contributed by atoms with Crippen molar-refractivity contribution < 1.29 is 9.72 Å². The molecular weight excluding hydrogens is 270 g/mol. The number of carbonyl (C=O) groups excluding carboxylic acids is 1. The Hall–Kier alpha value is -1.66. The maximum Gasteiger partial charge on any atom is 0.269 e. The van der Waals surface area contributed by atoms with Crippen molar-refractivity contribution in [2.75, 3.05) is 13.6 Å². The highest BCUT2D eigenvalue weighted by Gasteiger charge is 2.19. The minimum Gasteiger partial charge on any atom is -0.338 e. The van der Waals surface area contributed by atoms with E-state index in [0.717, 1.165) is 0 Å². The first-order valence-electron chi connectivity index (χ1n) is 5.60. The molecule has 1 aromatic rings. The van der Waals surface area contributed by atoms with Gasteiger partial charge in [0.2, 0.25) is 0 Å². The molecule has 0 bridgehead atoms. The zero-order valence-corrected chi connectivity index (χ0v) is 11.9. The zero-order valence-electron chi connectivity index (χ0n) is 11.1. The lowest BCUT2D eigenvalue weighted by Gasteiger charge is -2.24. The van der Waals surface area contributed by atoms with Crippen molar-refractivity contribution in [1.29, 1.82) is 0 Å². The van der Waals surface area contributed by atoms with Crippen molar-refractivity contribution in [2.24, 2.45) is 5.73 Å². The number of nitrogens with two attached hydrogens (primary N) is 1. The van der Waals surface area contributed by atoms with Gasteiger partial charge in [0.25, 0.3) is 11.6 Å². The summed E-state index contributed by atoms with van der Waals surface area (Å²) in [5, 5.41) is 10.6. The van der Waals surface area contributed by atoms with Crippen LogP contribution in [-0.2, 0) is 0 Å². The fraction of sp³-hybridized carbons (Fsp3) is 0.417. The molecule has 0 aromatic heterocycles. The van der Waals surface area contributed by atoms with Crippen LogP contribution in [-0.4, -0.2) is 35.4 Å². The van der Waals surface area contributed by atoms with Gasteiger partial charge >= 0.3 is 0 Å². The summed E-state index contributed by atoms with van der Waals surface area (Å²) in [5.74, 6) is -0.180. The third kappa shape index (κ3) is 3.90. The molecule has 0 heterocycles. The summed E-state index contributed by atoms with van der Waals surface area (Å²) >= 11 is 0. The summed E-state index contributed by atoms with van der Waals surface area (Å²) < 4.78 is 0. The maximum absolute atomic E-state index is 12.1. The van der Waals surface area contributed by atoms with Crippen LogP contribution in [0, 0.1) is 17.0 Å². The minimum atomic E-state index is -0.479. The van der Waals surface area contributed by atoms with Crippen molar-refractivity contribution in [3.63, 3.8) is 0 Å². The first kappa shape index (κ1) is 17.3. The summed E-state index contributed by atoms with van der Waals surface area (Å²) in [5.41, 5.74) is 6.54. The lowest BCUT2D eigenvalue weighted by atomic mass is 10.1. The predicted octanol–water partition coefficient (Wildman–Crippen LogP) is 1.74. The maximum atomic E-state index is 12.1. The fourth-order valence-corrected chi connectivity index (χ4v) is 1.55. The smallest absolute Gasteiger partial charge is 0.269 e. The molecule has 7 heteroatoms. The lowest BCUT2D eigenvalue weighted by molar-refractivity contribution is -0.384. The first-order chi connectivity index (χ1) is 8.38. The Labute approximate surface area is 118 Å². The predicted molar refractivity (Wildman–Crippen MR) is 75.7 cm³/mol. The number of benzene rings is 1. The van der Waals surface area contributed by atoms with Gasteiger partial charge in [0.05, 0.1) is 4.92 Å². The number of rotatable bonds is 4. The number of amides is 1. The lowest BCUT2D eigenvalue weighted by Crippen LogP contribution is -2.39. The quantitative estimate of drug-likeness (QED) is 0.675. The van der Waals surface area contributed by atoms with Crippen LogP contribution >= 0.6 is 12.4 Å². The van der Waals surface area contributed by atoms with Crippen LogP contribution in [0.4, 0.5) is 5.69 Å². The molecule has 6 nitrogen and oxygen atoms in total. The van der Waals surface area contributed by atoms with Gasteiger partial charge in [-0.15, -0.1) is 12.4 Å². The number of hydrogen-bond acceptors (Lipinski definition) is 4. The molecular formula is C12H18ClN3O3. The van der Waals surface area contributed by atoms with Crippen molar-refractivity contribution in [3.05, 3.63) is 39.4 Å². The second-order valence-electron chi connectivity index (χ2n) is 4.26. The Balaban J connectivity index is 0.00000324. The molecule has 1 rings (SSSR count). The van der Waals surface area contributed by atoms with Gasteiger partial charge in [0.15, 0.2) is 0 Å². The van der Waals surface area contributed by atoms with E-state index in [-0.39, 0.29) is 30.0 Å². The van der Waals surface area contributed by atoms with Crippen LogP contribution in [0.2, 0.25) is 0 Å². The highest BCUT2D eigenvalue weighted by molar-refractivity contribution is 5.96. The van der Waals surface area contributed by atoms with E-state index in [1.54, 1.807) is 14.0 Å². The topological polar surface area (TPSA) is 89.5 Å². The van der Waals surface area contributed by atoms with E-state index in [1.165, 1.54) is 23.1 Å². The number of halogens is 1. The van der Waals surface area contributed by atoms with Gasteiger partial charge in [-0.3, -0.25) is 14.9 Å². The zero-order chi connectivity index (χ0) is 13.9. The summed E-state index contributed by atoms with van der Waals surface area (Å²) in [6.07, 6.45) is 0. The molecule has 0 aliphatic carbocycles. The number of aryl methyl sites for hydroxylation is 1. The first-order valence-corrected chi connectivity index (χ1v) is 5.60. The van der Waals surface area contributed by atoms with Crippen molar-refractivity contribution in [2.45, 2.75) is 19.9 Å². The van der Waals surface area contributed by atoms with Crippen LogP contribution in [0.25, 0.3) is 0 Å². The SMILES string of the molecule is Cc1cc([N+](=O)[O-])ccc1C(=O)N(C)C(C)CN.Cl. The number of carbonyl (C=O) groups is 1. The number of nitro groups is 1. The van der Waals surface area contributed by atoms with E-state index in [1.807, 2.05) is 6.92 Å². The molecule has 0 aliphatic heterocycles. The summed E-state index contributed by atoms with van der Waals surface area (Å²) in [6.45, 7) is 3.90. The van der Waals surface area contributed by atoms with E-state index < -0.39 is 4.92 Å². The largest absolute Gasteiger partial charge is 0.338 e. The highest BCUT2D eigenvalue weighted by Crippen LogP contribution is 2.18. The molecule has 0 saturated carbocycles. The Morgan fingerprint density at radius 2 is 2.11 bits per heavy atom. The monoisotopic (exact) mass is 287 g/mol. The third-order valence-electron chi connectivity index (χ3n) is 2.97. The Bertz CT molecular complexity index is 479. The summed E-state index contributed by atoms with van der Waals surface area (Å²) in [7, 11) is 1.67. The van der Waals surface area contributed by atoms with Crippen molar-refractivity contribution in [1.82, 2.24) is 4.90 Å². The number of hydrogen-bond donors (Lipinski definition) is 1. The average Bonchev–Trinajstić information content (AvgIpc) is 2.35. The van der Waals surface area contributed by atoms with E-state index in [9.17, 15) is 14.9 Å². The van der Waals surface area contributed by atoms with E-state index in [0.29, 0.717) is 17.7 Å². The van der Waals surface area contributed by atoms with Crippen LogP contribution < -0.4 is 5.73 Å². The standard InChI is InChI=1S/C12H17N3O3.ClH/c1-8-6-10(15(17)18)4-5-11(8)12(16)14(3)9(2)7-13;/h4-6,9H,7,13H2,1-3H3;1H. The van der Waals surface area contributed by atoms with Gasteiger partial charge in [-0.2, -0.15) is 0 Å². The normalized spacial score (nSPS) is 11.4. The van der Waals surface area contributed by atoms with Gasteiger partial charge in [0, 0.05) is 37.3 Å². The number of nitro benzene ring substituents is 1. The molecule has 1 amide bonds. The summed E-state index contributed by atoms with van der Waals surface area (Å²) in [6, 6.07) is 4.14. The van der Waals surface area contributed by atoms with Crippen LogP contribution in [0.3, 0.4) is 0 Å². The number of non-ortho nitro benzene ring substituents is 1. The number of nitrogens with zero attached hydrogens (tertiary/aromatic N) is 2. The van der Waals surface area contributed by atoms with Crippen molar-refractivity contribution in [3.8, 4) is 0 Å². The molecule has 0 spiro atoms. The molecule has 106 valence electrons. The second-order valence-corrected chi connectivity index (χ2v) is 4.26. The van der Waals surface area contributed by atoms with Gasteiger partial charge in [0.1, 0.15) is 0 Å². The van der Waals surface area contributed by atoms with Gasteiger partial charge in [-0.05, 0) is 25.5 Å². The van der Waals surface area contributed by atoms with Gasteiger partial charge in [-0.1, -0.05) is 0 Å². The average molecular weight is 288 g/mol. The summed E-state index contributed by atoms with van der Waals surface area (Å²) in [4.78, 5) is 23.8.